The lowest BCUT2D eigenvalue weighted by molar-refractivity contribution is -0.135. The van der Waals surface area contributed by atoms with Crippen LogP contribution in [0, 0.1) is 0 Å². The Kier molecular flexibility index (Phi) is 4.93. The van der Waals surface area contributed by atoms with Crippen LogP contribution in [0.3, 0.4) is 0 Å². The third-order valence-corrected chi connectivity index (χ3v) is 4.24. The van der Waals surface area contributed by atoms with E-state index in [-0.39, 0.29) is 17.6 Å². The van der Waals surface area contributed by atoms with Crippen molar-refractivity contribution in [3.05, 3.63) is 65.7 Å². The maximum atomic E-state index is 12.6. The Morgan fingerprint density at radius 2 is 1.61 bits per heavy atom. The van der Waals surface area contributed by atoms with Crippen LogP contribution in [0.25, 0.3) is 0 Å². The highest BCUT2D eigenvalue weighted by molar-refractivity contribution is 5.78. The summed E-state index contributed by atoms with van der Waals surface area (Å²) < 4.78 is 5.32. The van der Waals surface area contributed by atoms with Crippen LogP contribution in [0.1, 0.15) is 23.5 Å². The SMILES string of the molecule is O=C(C[C@@H](c1ccccc1)c1ccc(O)cc1)N1CCOCC1. The zero-order valence-corrected chi connectivity index (χ0v) is 13.0. The van der Waals surface area contributed by atoms with Crippen molar-refractivity contribution in [3.8, 4) is 5.75 Å². The molecular formula is C19H21NO3. The highest BCUT2D eigenvalue weighted by Gasteiger charge is 2.23. The Morgan fingerprint density at radius 1 is 1.00 bits per heavy atom. The largest absolute Gasteiger partial charge is 0.508 e. The number of aromatic hydroxyl groups is 1. The number of ether oxygens (including phenoxy) is 1. The van der Waals surface area contributed by atoms with Crippen molar-refractivity contribution in [2.24, 2.45) is 0 Å². The van der Waals surface area contributed by atoms with Gasteiger partial charge in [0.05, 0.1) is 13.2 Å². The molecule has 1 atom stereocenters. The van der Waals surface area contributed by atoms with E-state index in [0.717, 1.165) is 11.1 Å². The minimum Gasteiger partial charge on any atom is -0.508 e. The third kappa shape index (κ3) is 3.90. The van der Waals surface area contributed by atoms with Gasteiger partial charge in [0.25, 0.3) is 0 Å². The summed E-state index contributed by atoms with van der Waals surface area (Å²) in [4.78, 5) is 14.5. The van der Waals surface area contributed by atoms with Gasteiger partial charge in [-0.05, 0) is 23.3 Å². The molecule has 3 rings (SSSR count). The second-order valence-corrected chi connectivity index (χ2v) is 5.75. The van der Waals surface area contributed by atoms with Crippen LogP contribution in [-0.4, -0.2) is 42.2 Å². The summed E-state index contributed by atoms with van der Waals surface area (Å²) in [7, 11) is 0. The van der Waals surface area contributed by atoms with Gasteiger partial charge in [0.15, 0.2) is 0 Å². The number of morpholine rings is 1. The number of nitrogens with zero attached hydrogens (tertiary/aromatic N) is 1. The second kappa shape index (κ2) is 7.29. The minimum absolute atomic E-state index is 0.00727. The summed E-state index contributed by atoms with van der Waals surface area (Å²) in [5, 5.41) is 9.51. The Balaban J connectivity index is 1.83. The van der Waals surface area contributed by atoms with Crippen LogP contribution < -0.4 is 0 Å². The standard InChI is InChI=1S/C19H21NO3/c21-17-8-6-16(7-9-17)18(15-4-2-1-3-5-15)14-19(22)20-10-12-23-13-11-20/h1-9,18,21H,10-14H2/t18-/m0/s1. The topological polar surface area (TPSA) is 49.8 Å². The van der Waals surface area contributed by atoms with Crippen LogP contribution >= 0.6 is 0 Å². The molecule has 120 valence electrons. The number of phenolic OH excluding ortho intramolecular Hbond substituents is 1. The summed E-state index contributed by atoms with van der Waals surface area (Å²) in [5.41, 5.74) is 2.15. The van der Waals surface area contributed by atoms with Crippen LogP contribution in [0.15, 0.2) is 54.6 Å². The molecule has 4 heteroatoms. The van der Waals surface area contributed by atoms with Crippen molar-refractivity contribution in [3.63, 3.8) is 0 Å². The molecule has 2 aromatic rings. The van der Waals surface area contributed by atoms with Crippen LogP contribution in [0.2, 0.25) is 0 Å². The number of benzene rings is 2. The lowest BCUT2D eigenvalue weighted by Crippen LogP contribution is -2.41. The van der Waals surface area contributed by atoms with Crippen LogP contribution in [-0.2, 0) is 9.53 Å². The predicted octanol–water partition coefficient (Wildman–Crippen LogP) is 2.77. The average Bonchev–Trinajstić information content (AvgIpc) is 2.62. The first kappa shape index (κ1) is 15.6. The van der Waals surface area contributed by atoms with Crippen LogP contribution in [0.4, 0.5) is 0 Å². The number of carbonyl (C=O) groups excluding carboxylic acids is 1. The van der Waals surface area contributed by atoms with E-state index in [0.29, 0.717) is 32.7 Å². The van der Waals surface area contributed by atoms with Gasteiger partial charge in [-0.25, -0.2) is 0 Å². The number of amides is 1. The van der Waals surface area contributed by atoms with Gasteiger partial charge in [0.2, 0.25) is 5.91 Å². The molecule has 1 N–H and O–H groups in total. The van der Waals surface area contributed by atoms with Crippen molar-refractivity contribution in [1.82, 2.24) is 4.90 Å². The maximum absolute atomic E-state index is 12.6. The van der Waals surface area contributed by atoms with E-state index in [4.69, 9.17) is 4.74 Å². The Labute approximate surface area is 136 Å². The normalized spacial score (nSPS) is 16.1. The van der Waals surface area contributed by atoms with Crippen molar-refractivity contribution in [1.29, 1.82) is 0 Å². The zero-order chi connectivity index (χ0) is 16.1. The fraction of sp³-hybridized carbons (Fsp3) is 0.316. The van der Waals surface area contributed by atoms with E-state index in [2.05, 4.69) is 0 Å². The highest BCUT2D eigenvalue weighted by atomic mass is 16.5. The minimum atomic E-state index is -0.00727. The molecule has 1 aliphatic heterocycles. The molecule has 0 saturated carbocycles. The molecule has 0 radical (unpaired) electrons. The molecule has 0 aromatic heterocycles. The van der Waals surface area contributed by atoms with E-state index in [1.807, 2.05) is 47.4 Å². The highest BCUT2D eigenvalue weighted by Crippen LogP contribution is 2.29. The van der Waals surface area contributed by atoms with Crippen molar-refractivity contribution < 1.29 is 14.6 Å². The number of hydrogen-bond acceptors (Lipinski definition) is 3. The van der Waals surface area contributed by atoms with Gasteiger partial charge in [-0.15, -0.1) is 0 Å². The summed E-state index contributed by atoms with van der Waals surface area (Å²) in [5.74, 6) is 0.377. The molecule has 23 heavy (non-hydrogen) atoms. The second-order valence-electron chi connectivity index (χ2n) is 5.75. The van der Waals surface area contributed by atoms with Gasteiger partial charge in [-0.1, -0.05) is 42.5 Å². The molecule has 1 heterocycles. The van der Waals surface area contributed by atoms with Crippen LogP contribution in [0.5, 0.6) is 5.75 Å². The fourth-order valence-electron chi connectivity index (χ4n) is 2.94. The Morgan fingerprint density at radius 3 is 2.26 bits per heavy atom. The van der Waals surface area contributed by atoms with Crippen molar-refractivity contribution in [2.75, 3.05) is 26.3 Å². The Bertz CT molecular complexity index is 633. The first-order valence-corrected chi connectivity index (χ1v) is 7.93. The van der Waals surface area contributed by atoms with Gasteiger partial charge in [0.1, 0.15) is 5.75 Å². The van der Waals surface area contributed by atoms with E-state index >= 15 is 0 Å². The fourth-order valence-corrected chi connectivity index (χ4v) is 2.94. The summed E-state index contributed by atoms with van der Waals surface area (Å²) in [6.45, 7) is 2.55. The number of rotatable bonds is 4. The van der Waals surface area contributed by atoms with Gasteiger partial charge in [-0.3, -0.25) is 4.79 Å². The molecule has 0 bridgehead atoms. The van der Waals surface area contributed by atoms with E-state index in [1.165, 1.54) is 0 Å². The van der Waals surface area contributed by atoms with E-state index in [1.54, 1.807) is 12.1 Å². The molecule has 1 fully saturated rings. The summed E-state index contributed by atoms with van der Waals surface area (Å²) in [6, 6.07) is 17.2. The van der Waals surface area contributed by atoms with E-state index in [9.17, 15) is 9.90 Å². The maximum Gasteiger partial charge on any atom is 0.223 e. The first-order valence-electron chi connectivity index (χ1n) is 7.93. The lowest BCUT2D eigenvalue weighted by Gasteiger charge is -2.29. The molecule has 1 amide bonds. The smallest absolute Gasteiger partial charge is 0.223 e. The third-order valence-electron chi connectivity index (χ3n) is 4.24. The van der Waals surface area contributed by atoms with Crippen molar-refractivity contribution in [2.45, 2.75) is 12.3 Å². The Hall–Kier alpha value is -2.33. The van der Waals surface area contributed by atoms with E-state index < -0.39 is 0 Å². The zero-order valence-electron chi connectivity index (χ0n) is 13.0. The number of carbonyl (C=O) groups is 1. The van der Waals surface area contributed by atoms with Gasteiger partial charge in [0, 0.05) is 25.4 Å². The predicted molar refractivity (Wildman–Crippen MR) is 88.4 cm³/mol. The molecule has 1 saturated heterocycles. The van der Waals surface area contributed by atoms with Gasteiger partial charge >= 0.3 is 0 Å². The van der Waals surface area contributed by atoms with Gasteiger partial charge < -0.3 is 14.7 Å². The summed E-state index contributed by atoms with van der Waals surface area (Å²) in [6.07, 6.45) is 0.425. The molecule has 0 spiro atoms. The number of hydrogen-bond donors (Lipinski definition) is 1. The molecular weight excluding hydrogens is 290 g/mol. The molecule has 0 unspecified atom stereocenters. The van der Waals surface area contributed by atoms with Crippen molar-refractivity contribution >= 4 is 5.91 Å². The lowest BCUT2D eigenvalue weighted by atomic mass is 9.88. The average molecular weight is 311 g/mol. The summed E-state index contributed by atoms with van der Waals surface area (Å²) >= 11 is 0. The monoisotopic (exact) mass is 311 g/mol. The number of phenols is 1. The first-order chi connectivity index (χ1) is 11.2. The quantitative estimate of drug-likeness (QED) is 0.944. The molecule has 4 nitrogen and oxygen atoms in total. The molecule has 0 aliphatic carbocycles. The molecule has 2 aromatic carbocycles. The van der Waals surface area contributed by atoms with Gasteiger partial charge in [-0.2, -0.15) is 0 Å². The molecule has 1 aliphatic rings.